The van der Waals surface area contributed by atoms with Crippen molar-refractivity contribution in [1.29, 1.82) is 0 Å². The van der Waals surface area contributed by atoms with Gasteiger partial charge in [-0.05, 0) is 73.9 Å². The van der Waals surface area contributed by atoms with Gasteiger partial charge in [0, 0.05) is 18.0 Å². The number of carbonyl (C=O) groups is 2. The second kappa shape index (κ2) is 7.05. The number of carbonyl (C=O) groups excluding carboxylic acids is 2. The third kappa shape index (κ3) is 2.88. The van der Waals surface area contributed by atoms with Gasteiger partial charge in [0.25, 0.3) is 5.91 Å². The molecule has 2 aliphatic carbocycles. The number of aliphatic hydroxyl groups is 1. The molecular weight excluding hydrogens is 418 g/mol. The Morgan fingerprint density at radius 3 is 2.64 bits per heavy atom. The number of imide groups is 1. The van der Waals surface area contributed by atoms with Gasteiger partial charge in [-0.3, -0.25) is 15.0 Å². The number of nitrogens with one attached hydrogen (secondary N) is 2. The lowest BCUT2D eigenvalue weighted by Crippen LogP contribution is -2.76. The lowest BCUT2D eigenvalue weighted by atomic mass is 9.46. The van der Waals surface area contributed by atoms with E-state index in [0.29, 0.717) is 32.1 Å². The monoisotopic (exact) mass is 447 g/mol. The molecule has 33 heavy (non-hydrogen) atoms. The third-order valence-electron chi connectivity index (χ3n) is 8.75. The molecule has 6 rings (SSSR count). The molecule has 2 aromatic carbocycles. The Labute approximate surface area is 192 Å². The van der Waals surface area contributed by atoms with E-state index in [1.165, 1.54) is 5.56 Å². The first kappa shape index (κ1) is 20.7. The number of benzene rings is 2. The fourth-order valence-corrected chi connectivity index (χ4v) is 7.15. The van der Waals surface area contributed by atoms with Gasteiger partial charge in [0.1, 0.15) is 11.3 Å². The standard InChI is InChI=1S/C26H29N3O4/c30-19-7-6-18-14-21-26(33)10-9-25(22(31)27-23(32)28-25)16-24(26,20(18)15-19)11-13-29(21)12-8-17-4-2-1-3-5-17/h1-7,15,21,30,33H,8-14,16H2,(H2,27,28,31,32)/t21-,24-,25+,26-/m1/s1. The Balaban J connectivity index is 1.40. The first-order valence-electron chi connectivity index (χ1n) is 11.8. The van der Waals surface area contributed by atoms with Crippen molar-refractivity contribution in [3.8, 4) is 5.75 Å². The van der Waals surface area contributed by atoms with Gasteiger partial charge in [-0.15, -0.1) is 0 Å². The van der Waals surface area contributed by atoms with Crippen molar-refractivity contribution < 1.29 is 19.8 Å². The highest BCUT2D eigenvalue weighted by Crippen LogP contribution is 2.60. The van der Waals surface area contributed by atoms with E-state index in [9.17, 15) is 19.8 Å². The van der Waals surface area contributed by atoms with Crippen molar-refractivity contribution in [2.24, 2.45) is 0 Å². The highest BCUT2D eigenvalue weighted by atomic mass is 16.3. The van der Waals surface area contributed by atoms with Crippen LogP contribution in [0.3, 0.4) is 0 Å². The maximum Gasteiger partial charge on any atom is 0.322 e. The van der Waals surface area contributed by atoms with Crippen LogP contribution in [0.5, 0.6) is 5.75 Å². The summed E-state index contributed by atoms with van der Waals surface area (Å²) in [5.74, 6) is -0.144. The molecule has 2 bridgehead atoms. The third-order valence-corrected chi connectivity index (χ3v) is 8.75. The fraction of sp³-hybridized carbons (Fsp3) is 0.462. The Morgan fingerprint density at radius 2 is 1.88 bits per heavy atom. The lowest BCUT2D eigenvalue weighted by molar-refractivity contribution is -0.179. The number of piperidine rings is 1. The van der Waals surface area contributed by atoms with Crippen LogP contribution >= 0.6 is 0 Å². The van der Waals surface area contributed by atoms with Gasteiger partial charge in [0.05, 0.1) is 5.60 Å². The van der Waals surface area contributed by atoms with Crippen LogP contribution in [0, 0.1) is 0 Å². The van der Waals surface area contributed by atoms with E-state index >= 15 is 0 Å². The first-order valence-corrected chi connectivity index (χ1v) is 11.8. The Hall–Kier alpha value is -2.90. The van der Waals surface area contributed by atoms with Crippen molar-refractivity contribution in [3.05, 3.63) is 65.2 Å². The summed E-state index contributed by atoms with van der Waals surface area (Å²) in [5.41, 5.74) is 0.545. The molecule has 3 fully saturated rings. The summed E-state index contributed by atoms with van der Waals surface area (Å²) in [6.07, 6.45) is 3.44. The van der Waals surface area contributed by atoms with Crippen LogP contribution in [-0.2, 0) is 23.1 Å². The minimum atomic E-state index is -1.04. The molecule has 4 N–H and O–H groups in total. The van der Waals surface area contributed by atoms with Gasteiger partial charge in [-0.1, -0.05) is 36.4 Å². The molecule has 2 heterocycles. The molecule has 4 aliphatic rings. The topological polar surface area (TPSA) is 102 Å². The van der Waals surface area contributed by atoms with Crippen molar-refractivity contribution in [2.75, 3.05) is 13.1 Å². The molecule has 0 aromatic heterocycles. The maximum atomic E-state index is 12.9. The van der Waals surface area contributed by atoms with Gasteiger partial charge < -0.3 is 15.5 Å². The minimum Gasteiger partial charge on any atom is -0.508 e. The number of fused-ring (bicyclic) bond motifs is 1. The number of phenolic OH excluding ortho intramolecular Hbond substituents is 1. The summed E-state index contributed by atoms with van der Waals surface area (Å²) >= 11 is 0. The summed E-state index contributed by atoms with van der Waals surface area (Å²) in [7, 11) is 0. The molecule has 2 saturated heterocycles. The van der Waals surface area contributed by atoms with Crippen LogP contribution in [0.4, 0.5) is 4.79 Å². The Morgan fingerprint density at radius 1 is 1.06 bits per heavy atom. The predicted octanol–water partition coefficient (Wildman–Crippen LogP) is 2.00. The summed E-state index contributed by atoms with van der Waals surface area (Å²) in [6.45, 7) is 1.64. The highest BCUT2D eigenvalue weighted by Gasteiger charge is 2.69. The van der Waals surface area contributed by atoms with Crippen LogP contribution < -0.4 is 10.6 Å². The van der Waals surface area contributed by atoms with Gasteiger partial charge in [0.15, 0.2) is 0 Å². The molecular formula is C26H29N3O4. The fourth-order valence-electron chi connectivity index (χ4n) is 7.15. The largest absolute Gasteiger partial charge is 0.508 e. The molecule has 7 nitrogen and oxygen atoms in total. The number of nitrogens with zero attached hydrogens (tertiary/aromatic N) is 1. The van der Waals surface area contributed by atoms with E-state index in [1.807, 2.05) is 12.1 Å². The number of rotatable bonds is 3. The first-order chi connectivity index (χ1) is 15.9. The second-order valence-electron chi connectivity index (χ2n) is 10.3. The van der Waals surface area contributed by atoms with E-state index < -0.39 is 22.6 Å². The van der Waals surface area contributed by atoms with Gasteiger partial charge in [0.2, 0.25) is 0 Å². The Bertz CT molecular complexity index is 1140. The average Bonchev–Trinajstić information content (AvgIpc) is 3.07. The number of likely N-dealkylation sites (tertiary alicyclic amines) is 1. The zero-order valence-corrected chi connectivity index (χ0v) is 18.5. The van der Waals surface area contributed by atoms with Gasteiger partial charge >= 0.3 is 6.03 Å². The van der Waals surface area contributed by atoms with Crippen LogP contribution in [0.25, 0.3) is 0 Å². The van der Waals surface area contributed by atoms with Crippen LogP contribution in [-0.4, -0.2) is 57.3 Å². The number of aromatic hydroxyl groups is 1. The number of hydrogen-bond donors (Lipinski definition) is 4. The quantitative estimate of drug-likeness (QED) is 0.539. The summed E-state index contributed by atoms with van der Waals surface area (Å²) in [6, 6.07) is 15.3. The van der Waals surface area contributed by atoms with E-state index in [2.05, 4.69) is 39.8 Å². The van der Waals surface area contributed by atoms with E-state index in [0.717, 1.165) is 30.6 Å². The molecule has 4 atom stereocenters. The molecule has 1 saturated carbocycles. The summed E-state index contributed by atoms with van der Waals surface area (Å²) in [4.78, 5) is 27.3. The molecule has 2 aliphatic heterocycles. The SMILES string of the molecule is O=C1NC(=O)[C@@]2(CC[C@@]3(O)[C@H]4Cc5ccc(O)cc5[C@@]3(CCN4CCc3ccccc3)C2)N1. The molecule has 7 heteroatoms. The highest BCUT2D eigenvalue weighted by molar-refractivity contribution is 6.07. The summed E-state index contributed by atoms with van der Waals surface area (Å²) in [5, 5.41) is 28.0. The molecule has 3 amide bonds. The minimum absolute atomic E-state index is 0.0791. The van der Waals surface area contributed by atoms with E-state index in [1.54, 1.807) is 12.1 Å². The Kier molecular flexibility index (Phi) is 4.42. The van der Waals surface area contributed by atoms with Gasteiger partial charge in [-0.2, -0.15) is 0 Å². The summed E-state index contributed by atoms with van der Waals surface area (Å²) < 4.78 is 0. The van der Waals surface area contributed by atoms with Crippen molar-refractivity contribution >= 4 is 11.9 Å². The zero-order chi connectivity index (χ0) is 22.8. The average molecular weight is 448 g/mol. The maximum absolute atomic E-state index is 12.9. The van der Waals surface area contributed by atoms with E-state index in [4.69, 9.17) is 0 Å². The normalized spacial score (nSPS) is 35.0. The molecule has 1 spiro atoms. The number of hydrogen-bond acceptors (Lipinski definition) is 5. The molecule has 172 valence electrons. The number of urea groups is 1. The zero-order valence-electron chi connectivity index (χ0n) is 18.5. The molecule has 0 radical (unpaired) electrons. The number of amides is 3. The van der Waals surface area contributed by atoms with E-state index in [-0.39, 0.29) is 17.7 Å². The molecule has 2 aromatic rings. The molecule has 0 unspecified atom stereocenters. The van der Waals surface area contributed by atoms with Crippen molar-refractivity contribution in [3.63, 3.8) is 0 Å². The smallest absolute Gasteiger partial charge is 0.322 e. The predicted molar refractivity (Wildman–Crippen MR) is 122 cm³/mol. The van der Waals surface area contributed by atoms with Crippen LogP contribution in [0.1, 0.15) is 42.4 Å². The lowest BCUT2D eigenvalue weighted by Gasteiger charge is -2.65. The number of phenols is 1. The van der Waals surface area contributed by atoms with Crippen molar-refractivity contribution in [2.45, 2.75) is 61.1 Å². The second-order valence-corrected chi connectivity index (χ2v) is 10.3. The van der Waals surface area contributed by atoms with Crippen LogP contribution in [0.2, 0.25) is 0 Å². The van der Waals surface area contributed by atoms with Crippen LogP contribution in [0.15, 0.2) is 48.5 Å². The van der Waals surface area contributed by atoms with Crippen molar-refractivity contribution in [1.82, 2.24) is 15.5 Å². The van der Waals surface area contributed by atoms with Gasteiger partial charge in [-0.25, -0.2) is 4.79 Å².